The Morgan fingerprint density at radius 3 is 2.72 bits per heavy atom. The van der Waals surface area contributed by atoms with Crippen LogP contribution in [0.25, 0.3) is 0 Å². The monoisotopic (exact) mass is 398 g/mol. The van der Waals surface area contributed by atoms with Gasteiger partial charge in [-0.05, 0) is 42.7 Å². The van der Waals surface area contributed by atoms with Crippen LogP contribution < -0.4 is 0 Å². The van der Waals surface area contributed by atoms with Gasteiger partial charge in [0.1, 0.15) is 0 Å². The van der Waals surface area contributed by atoms with Crippen molar-refractivity contribution in [3.05, 3.63) is 30.1 Å². The Kier molecular flexibility index (Phi) is 5.56. The molecule has 2 saturated heterocycles. The predicted molar refractivity (Wildman–Crippen MR) is 109 cm³/mol. The lowest BCUT2D eigenvalue weighted by Gasteiger charge is -2.47. The summed E-state index contributed by atoms with van der Waals surface area (Å²) >= 11 is 0. The summed E-state index contributed by atoms with van der Waals surface area (Å²) in [7, 11) is 0. The highest BCUT2D eigenvalue weighted by Crippen LogP contribution is 2.41. The normalized spacial score (nSPS) is 24.0. The maximum absolute atomic E-state index is 12.9. The van der Waals surface area contributed by atoms with E-state index in [1.807, 2.05) is 28.0 Å². The molecule has 7 heteroatoms. The molecule has 1 aromatic heterocycles. The standard InChI is InChI=1S/C22H30N4O3/c1-16(2)18-13-19(29-24-18)21(28)25-11-8-22(9-12-25)7-6-20(27)26(15-22)14-17-5-3-4-10-23-17/h3-5,10,16,19H,6-9,11-15H2,1-2H3. The van der Waals surface area contributed by atoms with Crippen molar-refractivity contribution in [1.82, 2.24) is 14.8 Å². The number of hydrogen-bond acceptors (Lipinski definition) is 5. The van der Waals surface area contributed by atoms with Gasteiger partial charge in [0.25, 0.3) is 5.91 Å². The summed E-state index contributed by atoms with van der Waals surface area (Å²) in [6.07, 6.45) is 5.25. The van der Waals surface area contributed by atoms with Crippen molar-refractivity contribution in [1.29, 1.82) is 0 Å². The molecule has 1 spiro atoms. The number of amides is 2. The fourth-order valence-corrected chi connectivity index (χ4v) is 4.62. The van der Waals surface area contributed by atoms with E-state index in [4.69, 9.17) is 4.84 Å². The smallest absolute Gasteiger partial charge is 0.266 e. The van der Waals surface area contributed by atoms with Crippen molar-refractivity contribution in [3.63, 3.8) is 0 Å². The van der Waals surface area contributed by atoms with E-state index >= 15 is 0 Å². The zero-order chi connectivity index (χ0) is 20.4. The third-order valence-corrected chi connectivity index (χ3v) is 6.60. The van der Waals surface area contributed by atoms with E-state index in [9.17, 15) is 9.59 Å². The third kappa shape index (κ3) is 4.28. The van der Waals surface area contributed by atoms with Gasteiger partial charge in [-0.25, -0.2) is 0 Å². The Balaban J connectivity index is 1.33. The van der Waals surface area contributed by atoms with Gasteiger partial charge < -0.3 is 14.6 Å². The minimum absolute atomic E-state index is 0.0523. The fraction of sp³-hybridized carbons (Fsp3) is 0.636. The van der Waals surface area contributed by atoms with Crippen molar-refractivity contribution in [2.75, 3.05) is 19.6 Å². The zero-order valence-electron chi connectivity index (χ0n) is 17.3. The van der Waals surface area contributed by atoms with E-state index < -0.39 is 6.10 Å². The van der Waals surface area contributed by atoms with Gasteiger partial charge in [0.05, 0.1) is 18.0 Å². The summed E-state index contributed by atoms with van der Waals surface area (Å²) in [6, 6.07) is 5.81. The number of nitrogens with zero attached hydrogens (tertiary/aromatic N) is 4. The molecule has 156 valence electrons. The molecule has 3 aliphatic heterocycles. The quantitative estimate of drug-likeness (QED) is 0.781. The summed E-state index contributed by atoms with van der Waals surface area (Å²) in [5.74, 6) is 0.566. The minimum Gasteiger partial charge on any atom is -0.382 e. The average Bonchev–Trinajstić information content (AvgIpc) is 3.23. The van der Waals surface area contributed by atoms with Crippen LogP contribution in [0.5, 0.6) is 0 Å². The molecule has 7 nitrogen and oxygen atoms in total. The van der Waals surface area contributed by atoms with Gasteiger partial charge in [-0.3, -0.25) is 14.6 Å². The zero-order valence-corrected chi connectivity index (χ0v) is 17.3. The third-order valence-electron chi connectivity index (χ3n) is 6.60. The Morgan fingerprint density at radius 1 is 1.28 bits per heavy atom. The number of rotatable bonds is 4. The summed E-state index contributed by atoms with van der Waals surface area (Å²) in [6.45, 7) is 6.91. The average molecular weight is 399 g/mol. The molecular weight excluding hydrogens is 368 g/mol. The second-order valence-corrected chi connectivity index (χ2v) is 8.93. The number of oxime groups is 1. The van der Waals surface area contributed by atoms with Crippen molar-refractivity contribution < 1.29 is 14.4 Å². The molecule has 0 radical (unpaired) electrons. The molecule has 4 rings (SSSR count). The molecule has 0 aliphatic carbocycles. The highest BCUT2D eigenvalue weighted by Gasteiger charge is 2.43. The van der Waals surface area contributed by atoms with Crippen LogP contribution in [-0.4, -0.2) is 58.0 Å². The SMILES string of the molecule is CC(C)C1=NOC(C(=O)N2CCC3(CCC(=O)N(Cc4ccccn4)C3)CC2)C1. The van der Waals surface area contributed by atoms with Crippen LogP contribution in [0.2, 0.25) is 0 Å². The van der Waals surface area contributed by atoms with Crippen LogP contribution in [0.15, 0.2) is 29.6 Å². The number of piperidine rings is 2. The number of carbonyl (C=O) groups excluding carboxylic acids is 2. The van der Waals surface area contributed by atoms with Crippen LogP contribution in [0.3, 0.4) is 0 Å². The number of carbonyl (C=O) groups is 2. The van der Waals surface area contributed by atoms with Gasteiger partial charge in [0.15, 0.2) is 0 Å². The lowest BCUT2D eigenvalue weighted by molar-refractivity contribution is -0.148. The molecular formula is C22H30N4O3. The first kappa shape index (κ1) is 19.9. The molecule has 1 atom stereocenters. The lowest BCUT2D eigenvalue weighted by atomic mass is 9.72. The molecule has 29 heavy (non-hydrogen) atoms. The molecule has 0 bridgehead atoms. The first-order valence-electron chi connectivity index (χ1n) is 10.6. The van der Waals surface area contributed by atoms with Crippen LogP contribution in [0.4, 0.5) is 0 Å². The highest BCUT2D eigenvalue weighted by molar-refractivity contribution is 5.93. The van der Waals surface area contributed by atoms with Gasteiger partial charge in [-0.1, -0.05) is 25.1 Å². The number of hydrogen-bond donors (Lipinski definition) is 0. The first-order valence-corrected chi connectivity index (χ1v) is 10.6. The van der Waals surface area contributed by atoms with E-state index in [-0.39, 0.29) is 17.2 Å². The predicted octanol–water partition coefficient (Wildman–Crippen LogP) is 2.61. The van der Waals surface area contributed by atoms with Gasteiger partial charge in [0, 0.05) is 38.7 Å². The van der Waals surface area contributed by atoms with Crippen LogP contribution in [0.1, 0.15) is 51.6 Å². The molecule has 4 heterocycles. The number of pyridine rings is 1. The Morgan fingerprint density at radius 2 is 2.07 bits per heavy atom. The van der Waals surface area contributed by atoms with Crippen molar-refractivity contribution in [2.45, 2.75) is 58.6 Å². The number of aromatic nitrogens is 1. The topological polar surface area (TPSA) is 75.1 Å². The van der Waals surface area contributed by atoms with Crippen LogP contribution >= 0.6 is 0 Å². The highest BCUT2D eigenvalue weighted by atomic mass is 16.6. The Bertz CT molecular complexity index is 785. The summed E-state index contributed by atoms with van der Waals surface area (Å²) in [5, 5.41) is 4.09. The maximum Gasteiger partial charge on any atom is 0.266 e. The Labute approximate surface area is 172 Å². The van der Waals surface area contributed by atoms with E-state index in [0.29, 0.717) is 25.3 Å². The second-order valence-electron chi connectivity index (χ2n) is 8.93. The van der Waals surface area contributed by atoms with Crippen LogP contribution in [-0.2, 0) is 21.0 Å². The summed E-state index contributed by atoms with van der Waals surface area (Å²) in [5.41, 5.74) is 1.99. The molecule has 2 amide bonds. The Hall–Kier alpha value is -2.44. The minimum atomic E-state index is -0.463. The molecule has 0 aromatic carbocycles. The molecule has 1 aromatic rings. The first-order chi connectivity index (χ1) is 14.0. The lowest BCUT2D eigenvalue weighted by Crippen LogP contribution is -2.53. The molecule has 0 N–H and O–H groups in total. The summed E-state index contributed by atoms with van der Waals surface area (Å²) < 4.78 is 0. The largest absolute Gasteiger partial charge is 0.382 e. The van der Waals surface area contributed by atoms with E-state index in [1.165, 1.54) is 0 Å². The van der Waals surface area contributed by atoms with Gasteiger partial charge in [-0.2, -0.15) is 0 Å². The van der Waals surface area contributed by atoms with E-state index in [1.54, 1.807) is 6.20 Å². The van der Waals surface area contributed by atoms with Crippen molar-refractivity contribution in [2.24, 2.45) is 16.5 Å². The molecule has 1 unspecified atom stereocenters. The molecule has 2 fully saturated rings. The number of likely N-dealkylation sites (tertiary alicyclic amines) is 2. The fourth-order valence-electron chi connectivity index (χ4n) is 4.62. The van der Waals surface area contributed by atoms with E-state index in [0.717, 1.165) is 50.3 Å². The molecule has 3 aliphatic rings. The van der Waals surface area contributed by atoms with Gasteiger partial charge in [-0.15, -0.1) is 0 Å². The van der Waals surface area contributed by atoms with Crippen molar-refractivity contribution in [3.8, 4) is 0 Å². The van der Waals surface area contributed by atoms with Crippen molar-refractivity contribution >= 4 is 17.5 Å². The molecule has 0 saturated carbocycles. The summed E-state index contributed by atoms with van der Waals surface area (Å²) in [4.78, 5) is 39.0. The van der Waals surface area contributed by atoms with E-state index in [2.05, 4.69) is 24.0 Å². The maximum atomic E-state index is 12.9. The second kappa shape index (κ2) is 8.13. The van der Waals surface area contributed by atoms with Gasteiger partial charge in [0.2, 0.25) is 12.0 Å². The van der Waals surface area contributed by atoms with Crippen LogP contribution in [0, 0.1) is 11.3 Å². The van der Waals surface area contributed by atoms with Gasteiger partial charge >= 0.3 is 0 Å².